The lowest BCUT2D eigenvalue weighted by Crippen LogP contribution is -2.32. The molecule has 0 aromatic rings. The largest absolute Gasteiger partial charge is 0.457 e. The van der Waals surface area contributed by atoms with Gasteiger partial charge < -0.3 is 14.9 Å². The lowest BCUT2D eigenvalue weighted by molar-refractivity contribution is -0.162. The van der Waals surface area contributed by atoms with E-state index < -0.39 is 17.5 Å². The molecule has 12 heavy (non-hydrogen) atoms. The zero-order chi connectivity index (χ0) is 9.78. The first-order valence-corrected chi connectivity index (χ1v) is 3.84. The van der Waals surface area contributed by atoms with Crippen LogP contribution in [0.5, 0.6) is 0 Å². The molecule has 0 spiro atoms. The van der Waals surface area contributed by atoms with Crippen LogP contribution in [0, 0.1) is 5.41 Å². The maximum absolute atomic E-state index is 11.1. The van der Waals surface area contributed by atoms with E-state index in [9.17, 15) is 4.79 Å². The minimum atomic E-state index is -0.795. The van der Waals surface area contributed by atoms with E-state index >= 15 is 0 Å². The van der Waals surface area contributed by atoms with Gasteiger partial charge in [-0.3, -0.25) is 4.79 Å². The molecular weight excluding hydrogens is 160 g/mol. The van der Waals surface area contributed by atoms with Gasteiger partial charge in [-0.05, 0) is 20.8 Å². The van der Waals surface area contributed by atoms with E-state index in [1.54, 1.807) is 20.8 Å². The van der Waals surface area contributed by atoms with E-state index in [2.05, 4.69) is 0 Å². The molecule has 0 atom stereocenters. The molecule has 0 bridgehead atoms. The van der Waals surface area contributed by atoms with E-state index in [-0.39, 0.29) is 13.2 Å². The molecule has 0 fully saturated rings. The Bertz CT molecular complexity index is 144. The predicted molar refractivity (Wildman–Crippen MR) is 43.5 cm³/mol. The molecule has 0 amide bonds. The molecule has 0 radical (unpaired) electrons. The third kappa shape index (κ3) is 3.69. The summed E-state index contributed by atoms with van der Waals surface area (Å²) < 4.78 is 4.77. The van der Waals surface area contributed by atoms with Crippen LogP contribution in [0.25, 0.3) is 0 Å². The highest BCUT2D eigenvalue weighted by Gasteiger charge is 2.25. The van der Waals surface area contributed by atoms with Crippen LogP contribution in [0.1, 0.15) is 20.8 Å². The number of hydrogen-bond acceptors (Lipinski definition) is 4. The van der Waals surface area contributed by atoms with Gasteiger partial charge in [0.25, 0.3) is 0 Å². The number of aliphatic hydroxyl groups is 2. The summed E-state index contributed by atoms with van der Waals surface area (Å²) >= 11 is 0. The molecule has 0 saturated carbocycles. The molecule has 0 aliphatic carbocycles. The first kappa shape index (κ1) is 11.4. The molecule has 0 aliphatic heterocycles. The molecule has 0 aromatic carbocycles. The summed E-state index contributed by atoms with van der Waals surface area (Å²) in [5, 5.41) is 17.2. The van der Waals surface area contributed by atoms with E-state index in [1.165, 1.54) is 0 Å². The van der Waals surface area contributed by atoms with Crippen LogP contribution in [0.15, 0.2) is 0 Å². The van der Waals surface area contributed by atoms with Crippen molar-refractivity contribution in [3.8, 4) is 0 Å². The van der Waals surface area contributed by atoms with Gasteiger partial charge in [-0.15, -0.1) is 0 Å². The Labute approximate surface area is 72.2 Å². The van der Waals surface area contributed by atoms with E-state index in [4.69, 9.17) is 14.9 Å². The fourth-order valence-corrected chi connectivity index (χ4v) is 0.460. The van der Waals surface area contributed by atoms with Crippen LogP contribution in [0.4, 0.5) is 0 Å². The Morgan fingerprint density at radius 3 is 2.00 bits per heavy atom. The Hall–Kier alpha value is -0.610. The van der Waals surface area contributed by atoms with E-state index in [0.29, 0.717) is 0 Å². The van der Waals surface area contributed by atoms with Gasteiger partial charge in [-0.1, -0.05) is 0 Å². The maximum atomic E-state index is 11.1. The van der Waals surface area contributed by atoms with Gasteiger partial charge in [-0.25, -0.2) is 0 Å². The van der Waals surface area contributed by atoms with Crippen molar-refractivity contribution in [1.82, 2.24) is 0 Å². The maximum Gasteiger partial charge on any atom is 0.311 e. The van der Waals surface area contributed by atoms with Gasteiger partial charge >= 0.3 is 5.97 Å². The minimum Gasteiger partial charge on any atom is -0.457 e. The number of carbonyl (C=O) groups is 1. The zero-order valence-corrected chi connectivity index (χ0v) is 7.70. The van der Waals surface area contributed by atoms with Gasteiger partial charge in [0.1, 0.15) is 6.10 Å². The summed E-state index contributed by atoms with van der Waals surface area (Å²) in [6, 6.07) is 0. The van der Waals surface area contributed by atoms with Crippen LogP contribution >= 0.6 is 0 Å². The van der Waals surface area contributed by atoms with Crippen LogP contribution in [-0.2, 0) is 9.53 Å². The topological polar surface area (TPSA) is 66.8 Å². The third-order valence-electron chi connectivity index (χ3n) is 1.29. The van der Waals surface area contributed by atoms with Gasteiger partial charge in [-0.2, -0.15) is 0 Å². The van der Waals surface area contributed by atoms with Gasteiger partial charge in [0.2, 0.25) is 0 Å². The smallest absolute Gasteiger partial charge is 0.311 e. The molecule has 0 heterocycles. The highest BCUT2D eigenvalue weighted by atomic mass is 16.6. The first-order chi connectivity index (χ1) is 5.41. The monoisotopic (exact) mass is 176 g/mol. The number of rotatable bonds is 3. The molecule has 0 rings (SSSR count). The van der Waals surface area contributed by atoms with Crippen molar-refractivity contribution in [3.05, 3.63) is 0 Å². The SMILES string of the molecule is CC(C)(C)C(=O)OC(CO)CO. The number of aliphatic hydroxyl groups excluding tert-OH is 2. The quantitative estimate of drug-likeness (QED) is 0.591. The Morgan fingerprint density at radius 1 is 1.33 bits per heavy atom. The fourth-order valence-electron chi connectivity index (χ4n) is 0.460. The molecule has 0 aromatic heterocycles. The number of hydrogen-bond donors (Lipinski definition) is 2. The van der Waals surface area contributed by atoms with Crippen molar-refractivity contribution in [3.63, 3.8) is 0 Å². The lowest BCUT2D eigenvalue weighted by atomic mass is 9.97. The number of carbonyl (C=O) groups excluding carboxylic acids is 1. The van der Waals surface area contributed by atoms with Crippen molar-refractivity contribution in [2.75, 3.05) is 13.2 Å². The van der Waals surface area contributed by atoms with E-state index in [0.717, 1.165) is 0 Å². The summed E-state index contributed by atoms with van der Waals surface area (Å²) in [5.74, 6) is -0.421. The average Bonchev–Trinajstić information content (AvgIpc) is 1.97. The van der Waals surface area contributed by atoms with Crippen molar-refractivity contribution in [1.29, 1.82) is 0 Å². The highest BCUT2D eigenvalue weighted by Crippen LogP contribution is 2.16. The molecule has 4 nitrogen and oxygen atoms in total. The standard InChI is InChI=1S/C8H16O4/c1-8(2,3)7(11)12-6(4-9)5-10/h6,9-10H,4-5H2,1-3H3. The first-order valence-electron chi connectivity index (χ1n) is 3.84. The molecule has 0 unspecified atom stereocenters. The predicted octanol–water partition coefficient (Wildman–Crippen LogP) is -0.0711. The van der Waals surface area contributed by atoms with Gasteiger partial charge in [0.15, 0.2) is 0 Å². The second-order valence-corrected chi connectivity index (χ2v) is 3.64. The van der Waals surface area contributed by atoms with Gasteiger partial charge in [0, 0.05) is 0 Å². The molecule has 72 valence electrons. The van der Waals surface area contributed by atoms with Crippen LogP contribution in [0.3, 0.4) is 0 Å². The van der Waals surface area contributed by atoms with Crippen LogP contribution in [-0.4, -0.2) is 35.5 Å². The Kier molecular flexibility index (Phi) is 4.20. The second kappa shape index (κ2) is 4.42. The number of ether oxygens (including phenoxy) is 1. The summed E-state index contributed by atoms with van der Waals surface area (Å²) in [4.78, 5) is 11.1. The molecular formula is C8H16O4. The van der Waals surface area contributed by atoms with Crippen molar-refractivity contribution >= 4 is 5.97 Å². The summed E-state index contributed by atoms with van der Waals surface area (Å²) in [7, 11) is 0. The minimum absolute atomic E-state index is 0.349. The fraction of sp³-hybridized carbons (Fsp3) is 0.875. The van der Waals surface area contributed by atoms with Crippen molar-refractivity contribution < 1.29 is 19.7 Å². The van der Waals surface area contributed by atoms with Crippen LogP contribution < -0.4 is 0 Å². The average molecular weight is 176 g/mol. The molecule has 0 aliphatic rings. The van der Waals surface area contributed by atoms with E-state index in [1.807, 2.05) is 0 Å². The zero-order valence-electron chi connectivity index (χ0n) is 7.70. The normalized spacial score (nSPS) is 11.8. The van der Waals surface area contributed by atoms with Crippen LogP contribution in [0.2, 0.25) is 0 Å². The lowest BCUT2D eigenvalue weighted by Gasteiger charge is -2.20. The number of esters is 1. The highest BCUT2D eigenvalue weighted by molar-refractivity contribution is 5.75. The molecule has 0 saturated heterocycles. The summed E-state index contributed by atoms with van der Waals surface area (Å²) in [5.41, 5.74) is -0.595. The Balaban J connectivity index is 3.99. The molecule has 4 heteroatoms. The van der Waals surface area contributed by atoms with Gasteiger partial charge in [0.05, 0.1) is 18.6 Å². The van der Waals surface area contributed by atoms with Crippen molar-refractivity contribution in [2.45, 2.75) is 26.9 Å². The second-order valence-electron chi connectivity index (χ2n) is 3.64. The van der Waals surface area contributed by atoms with Crippen molar-refractivity contribution in [2.24, 2.45) is 5.41 Å². The summed E-state index contributed by atoms with van der Waals surface area (Å²) in [6.07, 6.45) is -0.795. The third-order valence-corrected chi connectivity index (χ3v) is 1.29. The summed E-state index contributed by atoms with van der Waals surface area (Å²) in [6.45, 7) is 4.43. The molecule has 2 N–H and O–H groups in total. The Morgan fingerprint density at radius 2 is 1.75 bits per heavy atom.